The zero-order chi connectivity index (χ0) is 19.4. The van der Waals surface area contributed by atoms with E-state index in [-0.39, 0.29) is 15.1 Å². The number of hydrogen-bond acceptors (Lipinski definition) is 0. The molecular weight excluding hydrogens is 467 g/mol. The third-order valence-electron chi connectivity index (χ3n) is 5.90. The molecule has 0 unspecified atom stereocenters. The molecule has 0 saturated carbocycles. The Morgan fingerprint density at radius 1 is 0.885 bits per heavy atom. The summed E-state index contributed by atoms with van der Waals surface area (Å²) in [5.74, 6) is 0. The van der Waals surface area contributed by atoms with E-state index in [2.05, 4.69) is 94.8 Å². The van der Waals surface area contributed by atoms with Crippen molar-refractivity contribution in [2.75, 3.05) is 13.3 Å². The van der Waals surface area contributed by atoms with Gasteiger partial charge in [0.15, 0.2) is 0 Å². The van der Waals surface area contributed by atoms with E-state index in [1.165, 1.54) is 22.0 Å². The van der Waals surface area contributed by atoms with Crippen molar-refractivity contribution in [1.29, 1.82) is 0 Å². The SMILES string of the molecule is Cc1ccc(P(C)(C)(C2=CC=CC2)c2ccccc2)c(C)c1C.[Cl][Ru][Cl]. The van der Waals surface area contributed by atoms with Gasteiger partial charge in [0.1, 0.15) is 0 Å². The van der Waals surface area contributed by atoms with Crippen LogP contribution in [0.2, 0.25) is 0 Å². The van der Waals surface area contributed by atoms with Crippen molar-refractivity contribution in [2.24, 2.45) is 0 Å². The second-order valence-corrected chi connectivity index (χ2v) is 15.9. The normalized spacial score (nSPS) is 15.0. The van der Waals surface area contributed by atoms with Crippen molar-refractivity contribution in [1.82, 2.24) is 0 Å². The van der Waals surface area contributed by atoms with Gasteiger partial charge in [0.05, 0.1) is 0 Å². The minimum absolute atomic E-state index is 0.346. The van der Waals surface area contributed by atoms with Gasteiger partial charge in [-0.1, -0.05) is 0 Å². The molecule has 0 spiro atoms. The fraction of sp³-hybridized carbons (Fsp3) is 0.273. The predicted octanol–water partition coefficient (Wildman–Crippen LogP) is 6.60. The molecule has 0 saturated heterocycles. The zero-order valence-corrected chi connectivity index (χ0v) is 20.2. The fourth-order valence-electron chi connectivity index (χ4n) is 3.94. The van der Waals surface area contributed by atoms with Crippen LogP contribution in [-0.2, 0) is 15.1 Å². The molecule has 4 heteroatoms. The van der Waals surface area contributed by atoms with Crippen LogP contribution in [0, 0.1) is 20.8 Å². The number of rotatable bonds is 3. The van der Waals surface area contributed by atoms with Gasteiger partial charge in [0, 0.05) is 0 Å². The van der Waals surface area contributed by atoms with Crippen molar-refractivity contribution in [2.45, 2.75) is 27.2 Å². The Hall–Kier alpha value is -0.447. The summed E-state index contributed by atoms with van der Waals surface area (Å²) in [7, 11) is 9.71. The third-order valence-corrected chi connectivity index (χ3v) is 11.7. The quantitative estimate of drug-likeness (QED) is 0.334. The molecule has 2 aromatic carbocycles. The van der Waals surface area contributed by atoms with Crippen molar-refractivity contribution >= 4 is 36.6 Å². The van der Waals surface area contributed by atoms with Crippen molar-refractivity contribution in [3.8, 4) is 0 Å². The van der Waals surface area contributed by atoms with Crippen LogP contribution in [0.4, 0.5) is 0 Å². The summed E-state index contributed by atoms with van der Waals surface area (Å²) in [6, 6.07) is 15.8. The van der Waals surface area contributed by atoms with Crippen molar-refractivity contribution in [3.63, 3.8) is 0 Å². The van der Waals surface area contributed by atoms with Crippen LogP contribution < -0.4 is 10.6 Å². The Bertz CT molecular complexity index is 839. The maximum absolute atomic E-state index is 4.85. The maximum atomic E-state index is 4.85. The van der Waals surface area contributed by atoms with Gasteiger partial charge in [0.2, 0.25) is 0 Å². The van der Waals surface area contributed by atoms with Crippen LogP contribution in [-0.4, -0.2) is 13.3 Å². The topological polar surface area (TPSA) is 0 Å². The summed E-state index contributed by atoms with van der Waals surface area (Å²) in [5, 5.41) is 4.62. The molecule has 26 heavy (non-hydrogen) atoms. The molecule has 0 nitrogen and oxygen atoms in total. The van der Waals surface area contributed by atoms with Crippen molar-refractivity contribution < 1.29 is 15.1 Å². The summed E-state index contributed by atoms with van der Waals surface area (Å²) < 4.78 is 0. The zero-order valence-electron chi connectivity index (χ0n) is 16.0. The molecule has 0 radical (unpaired) electrons. The molecule has 142 valence electrons. The third kappa shape index (κ3) is 3.88. The fourth-order valence-corrected chi connectivity index (χ4v) is 8.80. The first-order valence-corrected chi connectivity index (χ1v) is 16.2. The molecule has 3 rings (SSSR count). The van der Waals surface area contributed by atoms with Crippen LogP contribution in [0.5, 0.6) is 0 Å². The number of aryl methyl sites for hydroxylation is 1. The molecule has 0 amide bonds. The standard InChI is InChI=1S/C22H27P.2ClH.Ru/c1-17-15-16-22(19(3)18(17)2)23(4,5,21-13-9-10-14-21)20-11-7-6-8-12-20;;;/h6-13,15-16H,14H2,1-5H3;2*1H;/q;;;+2/p-2. The van der Waals surface area contributed by atoms with E-state index in [4.69, 9.17) is 19.4 Å². The monoisotopic (exact) mass is 494 g/mol. The molecule has 1 aliphatic carbocycles. The van der Waals surface area contributed by atoms with E-state index < -0.39 is 6.60 Å². The summed E-state index contributed by atoms with van der Waals surface area (Å²) in [4.78, 5) is 0. The van der Waals surface area contributed by atoms with Crippen LogP contribution in [0.25, 0.3) is 0 Å². The molecule has 0 bridgehead atoms. The molecule has 0 fully saturated rings. The van der Waals surface area contributed by atoms with Gasteiger partial charge in [-0.15, -0.1) is 0 Å². The second kappa shape index (κ2) is 8.71. The first-order chi connectivity index (χ1) is 12.3. The van der Waals surface area contributed by atoms with Crippen LogP contribution in [0.15, 0.2) is 66.0 Å². The Labute approximate surface area is 174 Å². The van der Waals surface area contributed by atoms with Gasteiger partial charge in [-0.05, 0) is 0 Å². The Kier molecular flexibility index (Phi) is 7.32. The van der Waals surface area contributed by atoms with Gasteiger partial charge in [0.25, 0.3) is 0 Å². The molecule has 0 heterocycles. The van der Waals surface area contributed by atoms with Gasteiger partial charge in [-0.2, -0.15) is 0 Å². The number of hydrogen-bond donors (Lipinski definition) is 0. The summed E-state index contributed by atoms with van der Waals surface area (Å²) in [5.41, 5.74) is 4.28. The first kappa shape index (κ1) is 21.8. The molecule has 0 N–H and O–H groups in total. The van der Waals surface area contributed by atoms with E-state index in [1.807, 2.05) is 0 Å². The average Bonchev–Trinajstić information content (AvgIpc) is 3.17. The van der Waals surface area contributed by atoms with E-state index in [1.54, 1.807) is 10.6 Å². The summed E-state index contributed by atoms with van der Waals surface area (Å²) >= 11 is -0.346. The summed E-state index contributed by atoms with van der Waals surface area (Å²) in [6.45, 7) is 9.46. The van der Waals surface area contributed by atoms with Gasteiger partial charge in [-0.25, -0.2) is 0 Å². The Balaban J connectivity index is 0.000000758. The van der Waals surface area contributed by atoms with Crippen molar-refractivity contribution in [3.05, 3.63) is 82.7 Å². The first-order valence-electron chi connectivity index (χ1n) is 8.62. The molecular formula is C22H27Cl2PRu. The molecule has 2 aromatic rings. The van der Waals surface area contributed by atoms with Gasteiger partial charge < -0.3 is 0 Å². The Morgan fingerprint density at radius 2 is 1.50 bits per heavy atom. The molecule has 1 aliphatic rings. The molecule has 0 aromatic heterocycles. The molecule has 0 atom stereocenters. The minimum atomic E-state index is -2.37. The van der Waals surface area contributed by atoms with Crippen LogP contribution in [0.3, 0.4) is 0 Å². The number of benzene rings is 2. The van der Waals surface area contributed by atoms with Gasteiger partial charge >= 0.3 is 175 Å². The van der Waals surface area contributed by atoms with E-state index in [0.29, 0.717) is 0 Å². The van der Waals surface area contributed by atoms with Crippen LogP contribution >= 0.6 is 26.0 Å². The second-order valence-electron chi connectivity index (χ2n) is 7.45. The average molecular weight is 494 g/mol. The predicted molar refractivity (Wildman–Crippen MR) is 119 cm³/mol. The van der Waals surface area contributed by atoms with E-state index >= 15 is 0 Å². The number of allylic oxidation sites excluding steroid dienone is 4. The van der Waals surface area contributed by atoms with Crippen LogP contribution in [0.1, 0.15) is 23.1 Å². The number of halogens is 2. The van der Waals surface area contributed by atoms with E-state index in [9.17, 15) is 0 Å². The van der Waals surface area contributed by atoms with Gasteiger partial charge in [-0.3, -0.25) is 0 Å². The molecule has 0 aliphatic heterocycles. The van der Waals surface area contributed by atoms with E-state index in [0.717, 1.165) is 6.42 Å². The Morgan fingerprint density at radius 3 is 2.04 bits per heavy atom. The summed E-state index contributed by atoms with van der Waals surface area (Å²) in [6.07, 6.45) is 7.96.